The van der Waals surface area contributed by atoms with E-state index in [1.54, 1.807) is 16.9 Å². The average Bonchev–Trinajstić information content (AvgIpc) is 3.43. The fourth-order valence-corrected chi connectivity index (χ4v) is 4.31. The number of hydrogen-bond acceptors (Lipinski definition) is 7. The topological polar surface area (TPSA) is 118 Å². The molecule has 2 N–H and O–H groups in total. The highest BCUT2D eigenvalue weighted by atomic mass is 16.5. The fraction of sp³-hybridized carbons (Fsp3) is 0.292. The lowest BCUT2D eigenvalue weighted by atomic mass is 10.0. The van der Waals surface area contributed by atoms with Gasteiger partial charge >= 0.3 is 0 Å². The van der Waals surface area contributed by atoms with E-state index in [2.05, 4.69) is 20.9 Å². The number of carbonyl (C=O) groups excluding carboxylic acids is 3. The van der Waals surface area contributed by atoms with Crippen LogP contribution < -0.4 is 15.4 Å². The smallest absolute Gasteiger partial charge is 0.255 e. The van der Waals surface area contributed by atoms with E-state index in [0.717, 1.165) is 16.9 Å². The van der Waals surface area contributed by atoms with Crippen LogP contribution in [-0.2, 0) is 29.3 Å². The van der Waals surface area contributed by atoms with Crippen LogP contribution >= 0.6 is 0 Å². The predicted octanol–water partition coefficient (Wildman–Crippen LogP) is 1.33. The standard InChI is InChI=1S/C24H24N6O4/c1-25-11-15-4-2-3-5-21(15)34-14-17-13-30(28-27-17)18-7-6-16-12-29(24(33)19(16)10-18)20-8-9-22(31)26-23(20)32/h2-7,10,13,20,25H,8-9,11-12,14H2,1H3,(H,26,31,32). The summed E-state index contributed by atoms with van der Waals surface area (Å²) in [6.45, 7) is 1.29. The van der Waals surface area contributed by atoms with Crippen molar-refractivity contribution in [3.05, 3.63) is 71.0 Å². The Morgan fingerprint density at radius 3 is 2.85 bits per heavy atom. The molecule has 0 spiro atoms. The SMILES string of the molecule is CNCc1ccccc1OCc1cn(-c2ccc3c(c2)C(=O)N(C2CCC(=O)NC2=O)C3)nn1. The van der Waals surface area contributed by atoms with Gasteiger partial charge in [-0.3, -0.25) is 19.7 Å². The van der Waals surface area contributed by atoms with Crippen molar-refractivity contribution in [2.45, 2.75) is 38.6 Å². The second-order valence-corrected chi connectivity index (χ2v) is 8.32. The van der Waals surface area contributed by atoms with E-state index in [0.29, 0.717) is 36.5 Å². The Morgan fingerprint density at radius 1 is 1.18 bits per heavy atom. The van der Waals surface area contributed by atoms with Crippen LogP contribution in [0.3, 0.4) is 0 Å². The van der Waals surface area contributed by atoms with Gasteiger partial charge in [0, 0.05) is 30.6 Å². The van der Waals surface area contributed by atoms with Crippen LogP contribution in [0.4, 0.5) is 0 Å². The summed E-state index contributed by atoms with van der Waals surface area (Å²) in [6, 6.07) is 12.6. The maximum atomic E-state index is 13.0. The van der Waals surface area contributed by atoms with Crippen molar-refractivity contribution in [2.75, 3.05) is 7.05 Å². The number of imide groups is 1. The molecule has 2 aliphatic rings. The van der Waals surface area contributed by atoms with Gasteiger partial charge in [-0.2, -0.15) is 0 Å². The van der Waals surface area contributed by atoms with Crippen LogP contribution in [0.5, 0.6) is 5.75 Å². The van der Waals surface area contributed by atoms with Crippen molar-refractivity contribution in [3.63, 3.8) is 0 Å². The zero-order chi connectivity index (χ0) is 23.7. The zero-order valence-corrected chi connectivity index (χ0v) is 18.7. The molecule has 1 saturated heterocycles. The van der Waals surface area contributed by atoms with Crippen LogP contribution in [0.1, 0.15) is 40.0 Å². The summed E-state index contributed by atoms with van der Waals surface area (Å²) >= 11 is 0. The van der Waals surface area contributed by atoms with Gasteiger partial charge in [-0.25, -0.2) is 4.68 Å². The summed E-state index contributed by atoms with van der Waals surface area (Å²) in [5.74, 6) is -0.168. The summed E-state index contributed by atoms with van der Waals surface area (Å²) in [4.78, 5) is 38.3. The van der Waals surface area contributed by atoms with Crippen LogP contribution in [0, 0.1) is 0 Å². The van der Waals surface area contributed by atoms with Crippen molar-refractivity contribution in [3.8, 4) is 11.4 Å². The Hall–Kier alpha value is -4.05. The summed E-state index contributed by atoms with van der Waals surface area (Å²) in [5, 5.41) is 13.8. The maximum Gasteiger partial charge on any atom is 0.255 e. The summed E-state index contributed by atoms with van der Waals surface area (Å²) in [5.41, 5.74) is 3.75. The first-order valence-corrected chi connectivity index (χ1v) is 11.1. The second kappa shape index (κ2) is 9.06. The first kappa shape index (κ1) is 21.8. The highest BCUT2D eigenvalue weighted by molar-refractivity contribution is 6.05. The molecule has 5 rings (SSSR count). The Kier molecular flexibility index (Phi) is 5.81. The summed E-state index contributed by atoms with van der Waals surface area (Å²) < 4.78 is 7.53. The van der Waals surface area contributed by atoms with Gasteiger partial charge in [0.2, 0.25) is 11.8 Å². The highest BCUT2D eigenvalue weighted by Crippen LogP contribution is 2.29. The molecule has 1 unspecified atom stereocenters. The van der Waals surface area contributed by atoms with Crippen LogP contribution in [0.2, 0.25) is 0 Å². The summed E-state index contributed by atoms with van der Waals surface area (Å²) in [6.07, 6.45) is 2.33. The van der Waals surface area contributed by atoms with Crippen molar-refractivity contribution >= 4 is 17.7 Å². The highest BCUT2D eigenvalue weighted by Gasteiger charge is 2.39. The molecule has 34 heavy (non-hydrogen) atoms. The van der Waals surface area contributed by atoms with E-state index in [1.165, 1.54) is 4.90 Å². The molecule has 3 amide bonds. The molecule has 1 aromatic heterocycles. The van der Waals surface area contributed by atoms with E-state index in [-0.39, 0.29) is 24.8 Å². The van der Waals surface area contributed by atoms with Gasteiger partial charge in [-0.1, -0.05) is 29.5 Å². The number of carbonyl (C=O) groups is 3. The number of fused-ring (bicyclic) bond motifs is 1. The van der Waals surface area contributed by atoms with Gasteiger partial charge < -0.3 is 15.0 Å². The summed E-state index contributed by atoms with van der Waals surface area (Å²) in [7, 11) is 1.88. The molecule has 2 aliphatic heterocycles. The van der Waals surface area contributed by atoms with E-state index < -0.39 is 11.9 Å². The number of rotatable bonds is 7. The normalized spacial score (nSPS) is 17.6. The molecule has 0 bridgehead atoms. The number of nitrogens with zero attached hydrogens (tertiary/aromatic N) is 4. The molecular formula is C24H24N6O4. The van der Waals surface area contributed by atoms with Gasteiger partial charge in [0.1, 0.15) is 24.1 Å². The Bertz CT molecular complexity index is 1270. The van der Waals surface area contributed by atoms with E-state index >= 15 is 0 Å². The molecule has 0 aliphatic carbocycles. The molecule has 174 valence electrons. The number of para-hydroxylation sites is 1. The number of amides is 3. The van der Waals surface area contributed by atoms with Crippen molar-refractivity contribution in [1.29, 1.82) is 0 Å². The first-order valence-electron chi connectivity index (χ1n) is 11.1. The number of benzene rings is 2. The number of hydrogen-bond donors (Lipinski definition) is 2. The monoisotopic (exact) mass is 460 g/mol. The average molecular weight is 460 g/mol. The van der Waals surface area contributed by atoms with Crippen LogP contribution in [0.25, 0.3) is 5.69 Å². The minimum absolute atomic E-state index is 0.226. The molecular weight excluding hydrogens is 436 g/mol. The molecule has 1 atom stereocenters. The molecule has 3 aromatic rings. The van der Waals surface area contributed by atoms with Gasteiger partial charge in [-0.05, 0) is 37.2 Å². The minimum Gasteiger partial charge on any atom is -0.487 e. The van der Waals surface area contributed by atoms with E-state index in [1.807, 2.05) is 43.4 Å². The number of nitrogens with one attached hydrogen (secondary N) is 2. The van der Waals surface area contributed by atoms with Crippen molar-refractivity contribution in [2.24, 2.45) is 0 Å². The number of ether oxygens (including phenoxy) is 1. The van der Waals surface area contributed by atoms with Crippen LogP contribution in [0.15, 0.2) is 48.7 Å². The fourth-order valence-electron chi connectivity index (χ4n) is 4.31. The lowest BCUT2D eigenvalue weighted by molar-refractivity contribution is -0.136. The first-order chi connectivity index (χ1) is 16.5. The molecule has 0 radical (unpaired) electrons. The van der Waals surface area contributed by atoms with Gasteiger partial charge in [0.05, 0.1) is 11.9 Å². The Balaban J connectivity index is 1.29. The molecule has 2 aromatic carbocycles. The Morgan fingerprint density at radius 2 is 2.03 bits per heavy atom. The van der Waals surface area contributed by atoms with Crippen molar-refractivity contribution in [1.82, 2.24) is 30.5 Å². The lowest BCUT2D eigenvalue weighted by Crippen LogP contribution is -2.52. The second-order valence-electron chi connectivity index (χ2n) is 8.32. The third kappa shape index (κ3) is 4.15. The quantitative estimate of drug-likeness (QED) is 0.511. The largest absolute Gasteiger partial charge is 0.487 e. The third-order valence-electron chi connectivity index (χ3n) is 6.03. The van der Waals surface area contributed by atoms with Gasteiger partial charge in [0.25, 0.3) is 5.91 Å². The van der Waals surface area contributed by atoms with Crippen molar-refractivity contribution < 1.29 is 19.1 Å². The molecule has 10 nitrogen and oxygen atoms in total. The molecule has 10 heteroatoms. The minimum atomic E-state index is -0.637. The zero-order valence-electron chi connectivity index (χ0n) is 18.7. The number of piperidine rings is 1. The predicted molar refractivity (Wildman–Crippen MR) is 121 cm³/mol. The third-order valence-corrected chi connectivity index (χ3v) is 6.03. The lowest BCUT2D eigenvalue weighted by Gasteiger charge is -2.29. The van der Waals surface area contributed by atoms with Crippen LogP contribution in [-0.4, -0.2) is 50.7 Å². The van der Waals surface area contributed by atoms with Gasteiger partial charge in [-0.15, -0.1) is 5.10 Å². The molecule has 3 heterocycles. The number of aromatic nitrogens is 3. The van der Waals surface area contributed by atoms with E-state index in [9.17, 15) is 14.4 Å². The van der Waals surface area contributed by atoms with E-state index in [4.69, 9.17) is 4.74 Å². The Labute approximate surface area is 195 Å². The van der Waals surface area contributed by atoms with Gasteiger partial charge in [0.15, 0.2) is 0 Å². The molecule has 0 saturated carbocycles. The molecule has 1 fully saturated rings. The maximum absolute atomic E-state index is 13.0.